The van der Waals surface area contributed by atoms with Crippen molar-refractivity contribution in [3.8, 4) is 73.0 Å². The molecule has 0 amide bonds. The molecule has 0 aliphatic heterocycles. The van der Waals surface area contributed by atoms with Crippen molar-refractivity contribution in [2.45, 2.75) is 19.3 Å². The van der Waals surface area contributed by atoms with Gasteiger partial charge in [0.15, 0.2) is 5.82 Å². The van der Waals surface area contributed by atoms with E-state index in [0.29, 0.717) is 5.82 Å². The maximum atomic E-state index is 5.33. The zero-order valence-electron chi connectivity index (χ0n) is 34.5. The Balaban J connectivity index is 1.01. The van der Waals surface area contributed by atoms with Crippen LogP contribution in [0.25, 0.3) is 106 Å². The minimum Gasteiger partial charge on any atom is -0.309 e. The molecule has 62 heavy (non-hydrogen) atoms. The van der Waals surface area contributed by atoms with Gasteiger partial charge in [0, 0.05) is 44.1 Å². The van der Waals surface area contributed by atoms with E-state index in [9.17, 15) is 0 Å². The lowest BCUT2D eigenvalue weighted by molar-refractivity contribution is 0.661. The first-order valence-corrected chi connectivity index (χ1v) is 21.4. The molecule has 0 atom stereocenters. The Labute approximate surface area is 361 Å². The van der Waals surface area contributed by atoms with Gasteiger partial charge in [-0.2, -0.15) is 0 Å². The molecule has 3 heteroatoms. The molecule has 11 aromatic rings. The van der Waals surface area contributed by atoms with Gasteiger partial charge in [-0.15, -0.1) is 0 Å². The van der Waals surface area contributed by atoms with Crippen LogP contribution in [-0.2, 0) is 5.41 Å². The van der Waals surface area contributed by atoms with Crippen molar-refractivity contribution in [2.75, 3.05) is 0 Å². The van der Waals surface area contributed by atoms with Crippen LogP contribution in [0.5, 0.6) is 0 Å². The minimum atomic E-state index is -0.101. The molecule has 292 valence electrons. The number of aromatic nitrogens is 3. The lowest BCUT2D eigenvalue weighted by Crippen LogP contribution is -2.14. The molecule has 2 aromatic heterocycles. The van der Waals surface area contributed by atoms with Gasteiger partial charge >= 0.3 is 0 Å². The zero-order valence-corrected chi connectivity index (χ0v) is 34.5. The van der Waals surface area contributed by atoms with Gasteiger partial charge in [0.25, 0.3) is 0 Å². The van der Waals surface area contributed by atoms with E-state index in [1.807, 2.05) is 6.07 Å². The average Bonchev–Trinajstić information content (AvgIpc) is 3.79. The van der Waals surface area contributed by atoms with Gasteiger partial charge in [0.1, 0.15) is 0 Å². The number of benzene rings is 9. The maximum absolute atomic E-state index is 5.33. The van der Waals surface area contributed by atoms with Crippen LogP contribution >= 0.6 is 0 Å². The fourth-order valence-corrected chi connectivity index (χ4v) is 10.0. The Morgan fingerprint density at radius 1 is 0.387 bits per heavy atom. The summed E-state index contributed by atoms with van der Waals surface area (Å²) in [5.74, 6) is 0.695. The molecule has 2 heterocycles. The molecule has 1 aliphatic carbocycles. The third kappa shape index (κ3) is 5.66. The highest BCUT2D eigenvalue weighted by Gasteiger charge is 2.37. The van der Waals surface area contributed by atoms with Gasteiger partial charge in [-0.3, -0.25) is 0 Å². The first-order valence-electron chi connectivity index (χ1n) is 21.4. The molecule has 0 bridgehead atoms. The summed E-state index contributed by atoms with van der Waals surface area (Å²) in [6, 6.07) is 76.5. The van der Waals surface area contributed by atoms with E-state index < -0.39 is 0 Å². The lowest BCUT2D eigenvalue weighted by Gasteiger charge is -2.22. The summed E-state index contributed by atoms with van der Waals surface area (Å²) in [5, 5.41) is 5.00. The smallest absolute Gasteiger partial charge is 0.160 e. The van der Waals surface area contributed by atoms with Crippen LogP contribution < -0.4 is 0 Å². The summed E-state index contributed by atoms with van der Waals surface area (Å²) in [6.07, 6.45) is 0. The normalized spacial score (nSPS) is 12.8. The second-order valence-electron chi connectivity index (χ2n) is 16.9. The fraction of sp³-hybridized carbons (Fsp3) is 0.0508. The van der Waals surface area contributed by atoms with E-state index in [0.717, 1.165) is 44.9 Å². The van der Waals surface area contributed by atoms with E-state index in [4.69, 9.17) is 9.97 Å². The topological polar surface area (TPSA) is 30.7 Å². The highest BCUT2D eigenvalue weighted by atomic mass is 15.0. The van der Waals surface area contributed by atoms with Gasteiger partial charge < -0.3 is 4.57 Å². The summed E-state index contributed by atoms with van der Waals surface area (Å²) in [6.45, 7) is 4.72. The van der Waals surface area contributed by atoms with Crippen LogP contribution in [0.3, 0.4) is 0 Å². The molecule has 0 saturated heterocycles. The Kier molecular flexibility index (Phi) is 8.20. The first kappa shape index (κ1) is 36.0. The van der Waals surface area contributed by atoms with Gasteiger partial charge in [0.05, 0.1) is 22.4 Å². The summed E-state index contributed by atoms with van der Waals surface area (Å²) in [4.78, 5) is 10.6. The Morgan fingerprint density at radius 3 is 1.79 bits per heavy atom. The van der Waals surface area contributed by atoms with Crippen molar-refractivity contribution >= 4 is 32.6 Å². The number of hydrogen-bond acceptors (Lipinski definition) is 2. The van der Waals surface area contributed by atoms with Crippen LogP contribution in [0.4, 0.5) is 0 Å². The van der Waals surface area contributed by atoms with E-state index in [-0.39, 0.29) is 5.41 Å². The van der Waals surface area contributed by atoms with Gasteiger partial charge in [0.2, 0.25) is 0 Å². The van der Waals surface area contributed by atoms with Crippen molar-refractivity contribution < 1.29 is 0 Å². The van der Waals surface area contributed by atoms with Gasteiger partial charge in [-0.25, -0.2) is 9.97 Å². The number of rotatable bonds is 6. The highest BCUT2D eigenvalue weighted by Crippen LogP contribution is 2.53. The largest absolute Gasteiger partial charge is 0.309 e. The maximum Gasteiger partial charge on any atom is 0.160 e. The van der Waals surface area contributed by atoms with Gasteiger partial charge in [-0.1, -0.05) is 190 Å². The van der Waals surface area contributed by atoms with Crippen molar-refractivity contribution in [3.05, 3.63) is 223 Å². The molecule has 0 spiro atoms. The molecular weight excluding hydrogens is 751 g/mol. The van der Waals surface area contributed by atoms with Crippen LogP contribution in [0.1, 0.15) is 25.0 Å². The van der Waals surface area contributed by atoms with Gasteiger partial charge in [-0.05, 0) is 86.1 Å². The number of para-hydroxylation sites is 3. The van der Waals surface area contributed by atoms with E-state index in [1.165, 1.54) is 66.0 Å². The molecular formula is C59H41N3. The summed E-state index contributed by atoms with van der Waals surface area (Å²) in [7, 11) is 0. The Bertz CT molecular complexity index is 3520. The molecule has 0 radical (unpaired) electrons. The van der Waals surface area contributed by atoms with E-state index in [2.05, 4.69) is 225 Å². The standard InChI is InChI=1S/C59H41N3/c1-59(2)51-29-16-26-44(56(51)50-35-41-19-9-10-20-42(41)36-52(50)59)38-31-33-39(34-32-38)53-37-54(61-58(60-53)40-17-5-3-6-18-40)46-24-12-11-23-45(46)48-27-15-28-49-47-25-13-14-30-55(47)62(57(48)49)43-21-7-4-8-22-43/h3-37H,1-2H3. The number of fused-ring (bicyclic) bond motifs is 7. The van der Waals surface area contributed by atoms with Crippen LogP contribution in [0, 0.1) is 0 Å². The first-order chi connectivity index (χ1) is 30.5. The van der Waals surface area contributed by atoms with Crippen LogP contribution in [-0.4, -0.2) is 14.5 Å². The van der Waals surface area contributed by atoms with Crippen molar-refractivity contribution in [1.82, 2.24) is 14.5 Å². The van der Waals surface area contributed by atoms with Crippen LogP contribution in [0.15, 0.2) is 212 Å². The number of nitrogens with zero attached hydrogens (tertiary/aromatic N) is 3. The quantitative estimate of drug-likeness (QED) is 0.168. The zero-order chi connectivity index (χ0) is 41.4. The van der Waals surface area contributed by atoms with E-state index in [1.54, 1.807) is 0 Å². The Hall–Kier alpha value is -7.88. The molecule has 3 nitrogen and oxygen atoms in total. The molecule has 0 fully saturated rings. The average molecular weight is 792 g/mol. The van der Waals surface area contributed by atoms with Crippen LogP contribution in [0.2, 0.25) is 0 Å². The molecule has 0 unspecified atom stereocenters. The second kappa shape index (κ2) is 14.1. The highest BCUT2D eigenvalue weighted by molar-refractivity contribution is 6.14. The molecule has 9 aromatic carbocycles. The Morgan fingerprint density at radius 2 is 0.984 bits per heavy atom. The predicted molar refractivity (Wildman–Crippen MR) is 259 cm³/mol. The third-order valence-corrected chi connectivity index (χ3v) is 13.0. The van der Waals surface area contributed by atoms with Crippen molar-refractivity contribution in [3.63, 3.8) is 0 Å². The predicted octanol–water partition coefficient (Wildman–Crippen LogP) is 15.4. The molecule has 0 saturated carbocycles. The van der Waals surface area contributed by atoms with E-state index >= 15 is 0 Å². The molecule has 0 N–H and O–H groups in total. The number of hydrogen-bond donors (Lipinski definition) is 0. The fourth-order valence-electron chi connectivity index (χ4n) is 10.0. The SMILES string of the molecule is CC1(C)c2cc3ccccc3cc2-c2c(-c3ccc(-c4cc(-c5ccccc5-c5cccc6c7ccccc7n(-c7ccccc7)c56)nc(-c5ccccc5)n4)cc3)cccc21. The summed E-state index contributed by atoms with van der Waals surface area (Å²) >= 11 is 0. The van der Waals surface area contributed by atoms with Crippen molar-refractivity contribution in [2.24, 2.45) is 0 Å². The second-order valence-corrected chi connectivity index (χ2v) is 16.9. The minimum absolute atomic E-state index is 0.101. The monoisotopic (exact) mass is 791 g/mol. The lowest BCUT2D eigenvalue weighted by atomic mass is 9.81. The third-order valence-electron chi connectivity index (χ3n) is 13.0. The summed E-state index contributed by atoms with van der Waals surface area (Å²) < 4.78 is 2.41. The van der Waals surface area contributed by atoms with Crippen molar-refractivity contribution in [1.29, 1.82) is 0 Å². The molecule has 12 rings (SSSR count). The summed E-state index contributed by atoms with van der Waals surface area (Å²) in [5.41, 5.74) is 18.3. The molecule has 1 aliphatic rings.